The molecule has 0 aliphatic heterocycles. The van der Waals surface area contributed by atoms with E-state index in [4.69, 9.17) is 0 Å². The topological polar surface area (TPSA) is 4.93 Å². The zero-order valence-corrected chi connectivity index (χ0v) is 21.4. The normalized spacial score (nSPS) is 12.3. The molecule has 0 saturated heterocycles. The van der Waals surface area contributed by atoms with Crippen LogP contribution in [-0.4, -0.2) is 4.57 Å². The number of hydrogen-bond donors (Lipinski definition) is 0. The molecule has 0 bridgehead atoms. The van der Waals surface area contributed by atoms with Gasteiger partial charge in [-0.15, -0.1) is 22.7 Å². The minimum absolute atomic E-state index is 1.21. The summed E-state index contributed by atoms with van der Waals surface area (Å²) in [7, 11) is 0. The highest BCUT2D eigenvalue weighted by molar-refractivity contribution is 7.26. The number of benzene rings is 6. The van der Waals surface area contributed by atoms with Gasteiger partial charge in [0.2, 0.25) is 0 Å². The summed E-state index contributed by atoms with van der Waals surface area (Å²) >= 11 is 3.76. The fourth-order valence-electron chi connectivity index (χ4n) is 6.05. The molecule has 1 nitrogen and oxygen atoms in total. The van der Waals surface area contributed by atoms with Crippen LogP contribution in [0.3, 0.4) is 0 Å². The molecule has 3 heterocycles. The van der Waals surface area contributed by atoms with E-state index in [1.165, 1.54) is 78.6 Å². The lowest BCUT2D eigenvalue weighted by molar-refractivity contribution is 1.19. The van der Waals surface area contributed by atoms with Crippen molar-refractivity contribution in [3.8, 4) is 5.69 Å². The molecule has 0 unspecified atom stereocenters. The summed E-state index contributed by atoms with van der Waals surface area (Å²) in [5, 5.41) is 10.5. The molecule has 0 amide bonds. The molecule has 0 spiro atoms. The van der Waals surface area contributed by atoms with Gasteiger partial charge in [-0.05, 0) is 65.4 Å². The third-order valence-corrected chi connectivity index (χ3v) is 10.0. The summed E-state index contributed by atoms with van der Waals surface area (Å²) in [6.45, 7) is 0. The predicted molar refractivity (Wildman–Crippen MR) is 164 cm³/mol. The number of rotatable bonds is 1. The van der Waals surface area contributed by atoms with Crippen molar-refractivity contribution in [2.45, 2.75) is 0 Å². The lowest BCUT2D eigenvalue weighted by Crippen LogP contribution is -1.93. The highest BCUT2D eigenvalue weighted by atomic mass is 32.1. The SMILES string of the molecule is c1ccc2cc3c(cc2c1)c1cc2sc4ccccc4c2cc1n3-c1ccc2sc3ccccc3c2c1. The van der Waals surface area contributed by atoms with Gasteiger partial charge in [-0.2, -0.15) is 0 Å². The summed E-state index contributed by atoms with van der Waals surface area (Å²) in [5.74, 6) is 0. The largest absolute Gasteiger partial charge is 0.309 e. The van der Waals surface area contributed by atoms with E-state index in [0.29, 0.717) is 0 Å². The monoisotopic (exact) mass is 505 g/mol. The van der Waals surface area contributed by atoms with E-state index >= 15 is 0 Å². The van der Waals surface area contributed by atoms with Crippen LogP contribution in [0, 0.1) is 0 Å². The van der Waals surface area contributed by atoms with Gasteiger partial charge in [-0.25, -0.2) is 0 Å². The van der Waals surface area contributed by atoms with E-state index in [0.717, 1.165) is 0 Å². The van der Waals surface area contributed by atoms with Crippen LogP contribution in [0.5, 0.6) is 0 Å². The second-order valence-corrected chi connectivity index (χ2v) is 12.0. The van der Waals surface area contributed by atoms with E-state index in [1.807, 2.05) is 22.7 Å². The van der Waals surface area contributed by atoms with Gasteiger partial charge in [0, 0.05) is 56.8 Å². The molecule has 172 valence electrons. The molecule has 0 radical (unpaired) electrons. The molecule has 0 fully saturated rings. The third kappa shape index (κ3) is 2.73. The van der Waals surface area contributed by atoms with Crippen molar-refractivity contribution in [2.75, 3.05) is 0 Å². The van der Waals surface area contributed by atoms with Gasteiger partial charge in [0.05, 0.1) is 11.0 Å². The van der Waals surface area contributed by atoms with Crippen LogP contribution in [0.4, 0.5) is 0 Å². The van der Waals surface area contributed by atoms with Crippen molar-refractivity contribution in [1.82, 2.24) is 4.57 Å². The molecule has 3 aromatic heterocycles. The quantitative estimate of drug-likeness (QED) is 0.209. The van der Waals surface area contributed by atoms with Gasteiger partial charge in [0.1, 0.15) is 0 Å². The molecule has 0 atom stereocenters. The van der Waals surface area contributed by atoms with Crippen LogP contribution in [0.25, 0.3) is 78.6 Å². The van der Waals surface area contributed by atoms with E-state index in [2.05, 4.69) is 120 Å². The summed E-state index contributed by atoms with van der Waals surface area (Å²) in [6, 6.07) is 42.8. The van der Waals surface area contributed by atoms with Gasteiger partial charge in [0.25, 0.3) is 0 Å². The van der Waals surface area contributed by atoms with Gasteiger partial charge < -0.3 is 4.57 Å². The smallest absolute Gasteiger partial charge is 0.0548 e. The number of aromatic nitrogens is 1. The van der Waals surface area contributed by atoms with Crippen molar-refractivity contribution in [1.29, 1.82) is 0 Å². The lowest BCUT2D eigenvalue weighted by Gasteiger charge is -2.09. The Balaban J connectivity index is 1.47. The van der Waals surface area contributed by atoms with Crippen molar-refractivity contribution in [2.24, 2.45) is 0 Å². The number of thiophene rings is 2. The molecule has 9 aromatic rings. The van der Waals surface area contributed by atoms with Gasteiger partial charge >= 0.3 is 0 Å². The molecular formula is C34H19NS2. The van der Waals surface area contributed by atoms with E-state index in [-0.39, 0.29) is 0 Å². The summed E-state index contributed by atoms with van der Waals surface area (Å²) in [4.78, 5) is 0. The first kappa shape index (κ1) is 19.9. The van der Waals surface area contributed by atoms with Crippen LogP contribution in [0.15, 0.2) is 115 Å². The van der Waals surface area contributed by atoms with Crippen LogP contribution in [-0.2, 0) is 0 Å². The second kappa shape index (κ2) is 7.19. The van der Waals surface area contributed by atoms with E-state index in [1.54, 1.807) is 0 Å². The summed E-state index contributed by atoms with van der Waals surface area (Å²) < 4.78 is 7.85. The number of nitrogens with zero attached hydrogens (tertiary/aromatic N) is 1. The highest BCUT2D eigenvalue weighted by Crippen LogP contribution is 2.42. The van der Waals surface area contributed by atoms with E-state index < -0.39 is 0 Å². The average molecular weight is 506 g/mol. The Morgan fingerprint density at radius 3 is 1.73 bits per heavy atom. The summed E-state index contributed by atoms with van der Waals surface area (Å²) in [6.07, 6.45) is 0. The standard InChI is InChI=1S/C34H19NS2/c1-2-8-21-16-29-25(15-20(21)7-1)26-19-34-28(24-10-4-6-12-32(24)37-34)18-30(26)35(29)22-13-14-33-27(17-22)23-9-3-5-11-31(23)36-33/h1-19H. The number of fused-ring (bicyclic) bond motifs is 10. The Bertz CT molecular complexity index is 2360. The van der Waals surface area contributed by atoms with Crippen LogP contribution in [0.2, 0.25) is 0 Å². The molecule has 3 heteroatoms. The Kier molecular flexibility index (Phi) is 3.88. The zero-order valence-electron chi connectivity index (χ0n) is 19.7. The molecule has 6 aromatic carbocycles. The maximum atomic E-state index is 2.48. The molecule has 9 rings (SSSR count). The predicted octanol–water partition coefficient (Wildman–Crippen LogP) is 10.7. The first-order valence-corrected chi connectivity index (χ1v) is 14.1. The zero-order chi connectivity index (χ0) is 24.1. The highest BCUT2D eigenvalue weighted by Gasteiger charge is 2.17. The molecule has 0 saturated carbocycles. The maximum absolute atomic E-state index is 2.48. The van der Waals surface area contributed by atoms with Gasteiger partial charge in [0.15, 0.2) is 0 Å². The Hall–Kier alpha value is -4.18. The van der Waals surface area contributed by atoms with Gasteiger partial charge in [-0.3, -0.25) is 0 Å². The second-order valence-electron chi connectivity index (χ2n) is 9.79. The molecular weight excluding hydrogens is 487 g/mol. The number of hydrogen-bond acceptors (Lipinski definition) is 2. The first-order valence-electron chi connectivity index (χ1n) is 12.5. The molecule has 0 aliphatic rings. The Morgan fingerprint density at radius 2 is 0.946 bits per heavy atom. The van der Waals surface area contributed by atoms with Crippen LogP contribution < -0.4 is 0 Å². The maximum Gasteiger partial charge on any atom is 0.0548 e. The van der Waals surface area contributed by atoms with Crippen LogP contribution in [0.1, 0.15) is 0 Å². The molecule has 0 aliphatic carbocycles. The van der Waals surface area contributed by atoms with Crippen molar-refractivity contribution < 1.29 is 0 Å². The fourth-order valence-corrected chi connectivity index (χ4v) is 8.26. The van der Waals surface area contributed by atoms with Crippen molar-refractivity contribution in [3.05, 3.63) is 115 Å². The molecule has 0 N–H and O–H groups in total. The van der Waals surface area contributed by atoms with Crippen molar-refractivity contribution in [3.63, 3.8) is 0 Å². The van der Waals surface area contributed by atoms with E-state index in [9.17, 15) is 0 Å². The Labute approximate surface area is 220 Å². The van der Waals surface area contributed by atoms with Gasteiger partial charge in [-0.1, -0.05) is 60.7 Å². The van der Waals surface area contributed by atoms with Crippen molar-refractivity contribution >= 4 is 95.6 Å². The minimum Gasteiger partial charge on any atom is -0.309 e. The lowest BCUT2D eigenvalue weighted by atomic mass is 10.1. The average Bonchev–Trinajstić information content (AvgIpc) is 3.59. The minimum atomic E-state index is 1.21. The Morgan fingerprint density at radius 1 is 0.378 bits per heavy atom. The first-order chi connectivity index (χ1) is 18.3. The summed E-state index contributed by atoms with van der Waals surface area (Å²) in [5.41, 5.74) is 3.74. The molecule has 37 heavy (non-hydrogen) atoms. The van der Waals surface area contributed by atoms with Crippen LogP contribution >= 0.6 is 22.7 Å². The fraction of sp³-hybridized carbons (Fsp3) is 0. The third-order valence-electron chi connectivity index (χ3n) is 7.75.